The van der Waals surface area contributed by atoms with Gasteiger partial charge in [0, 0.05) is 37.6 Å². The van der Waals surface area contributed by atoms with Crippen molar-refractivity contribution in [1.29, 1.82) is 0 Å². The van der Waals surface area contributed by atoms with Gasteiger partial charge in [-0.1, -0.05) is 0 Å². The minimum Gasteiger partial charge on any atom is -0.372 e. The van der Waals surface area contributed by atoms with E-state index >= 15 is 0 Å². The molecule has 0 amide bonds. The molecule has 0 spiro atoms. The van der Waals surface area contributed by atoms with Crippen LogP contribution in [0.25, 0.3) is 0 Å². The monoisotopic (exact) mass is 343 g/mol. The van der Waals surface area contributed by atoms with Crippen LogP contribution in [0.15, 0.2) is 23.5 Å². The summed E-state index contributed by atoms with van der Waals surface area (Å²) in [4.78, 5) is 23.4. The second-order valence-corrected chi connectivity index (χ2v) is 7.15. The van der Waals surface area contributed by atoms with Crippen molar-refractivity contribution < 1.29 is 4.74 Å². The second kappa shape index (κ2) is 7.09. The molecule has 1 fully saturated rings. The van der Waals surface area contributed by atoms with E-state index in [-0.39, 0.29) is 5.56 Å². The van der Waals surface area contributed by atoms with E-state index in [2.05, 4.69) is 20.6 Å². The van der Waals surface area contributed by atoms with Crippen molar-refractivity contribution in [2.75, 3.05) is 19.7 Å². The zero-order valence-corrected chi connectivity index (χ0v) is 14.7. The molecule has 25 heavy (non-hydrogen) atoms. The Morgan fingerprint density at radius 3 is 2.92 bits per heavy atom. The first-order valence-electron chi connectivity index (χ1n) is 9.05. The molecule has 0 N–H and O–H groups in total. The Bertz CT molecular complexity index is 766. The molecule has 0 bridgehead atoms. The van der Waals surface area contributed by atoms with Crippen molar-refractivity contribution in [2.45, 2.75) is 46.0 Å². The second-order valence-electron chi connectivity index (χ2n) is 7.15. The van der Waals surface area contributed by atoms with E-state index in [9.17, 15) is 4.79 Å². The van der Waals surface area contributed by atoms with Crippen molar-refractivity contribution in [3.8, 4) is 0 Å². The average Bonchev–Trinajstić information content (AvgIpc) is 3.03. The van der Waals surface area contributed by atoms with Gasteiger partial charge in [-0.15, -0.1) is 0 Å². The van der Waals surface area contributed by atoms with Crippen LogP contribution < -0.4 is 5.56 Å². The lowest BCUT2D eigenvalue weighted by Crippen LogP contribution is -2.36. The SMILES string of the molecule is Cc1cncn(CC2CCN(Cc3cn4c(n3)COCC4)CC2)c1=O. The maximum atomic E-state index is 12.1. The van der Waals surface area contributed by atoms with Crippen molar-refractivity contribution in [3.05, 3.63) is 46.2 Å². The van der Waals surface area contributed by atoms with Gasteiger partial charge in [0.1, 0.15) is 12.4 Å². The number of hydrogen-bond donors (Lipinski definition) is 0. The quantitative estimate of drug-likeness (QED) is 0.834. The van der Waals surface area contributed by atoms with Crippen molar-refractivity contribution >= 4 is 0 Å². The number of piperidine rings is 1. The summed E-state index contributed by atoms with van der Waals surface area (Å²) in [6.45, 7) is 7.92. The Balaban J connectivity index is 1.31. The number of hydrogen-bond acceptors (Lipinski definition) is 5. The molecule has 4 rings (SSSR count). The maximum Gasteiger partial charge on any atom is 0.256 e. The van der Waals surface area contributed by atoms with Gasteiger partial charge in [0.05, 0.1) is 18.6 Å². The van der Waals surface area contributed by atoms with Crippen LogP contribution in [0.4, 0.5) is 0 Å². The van der Waals surface area contributed by atoms with Crippen molar-refractivity contribution in [3.63, 3.8) is 0 Å². The highest BCUT2D eigenvalue weighted by Gasteiger charge is 2.21. The Morgan fingerprint density at radius 1 is 1.28 bits per heavy atom. The predicted octanol–water partition coefficient (Wildman–Crippen LogP) is 1.19. The van der Waals surface area contributed by atoms with Crippen molar-refractivity contribution in [1.82, 2.24) is 24.0 Å². The maximum absolute atomic E-state index is 12.1. The van der Waals surface area contributed by atoms with Gasteiger partial charge in [-0.25, -0.2) is 9.97 Å². The number of rotatable bonds is 4. The molecule has 0 radical (unpaired) electrons. The Hall–Kier alpha value is -1.99. The van der Waals surface area contributed by atoms with Gasteiger partial charge >= 0.3 is 0 Å². The summed E-state index contributed by atoms with van der Waals surface area (Å²) in [6.07, 6.45) is 7.69. The van der Waals surface area contributed by atoms with E-state index in [1.165, 1.54) is 0 Å². The van der Waals surface area contributed by atoms with Gasteiger partial charge in [0.25, 0.3) is 5.56 Å². The summed E-state index contributed by atoms with van der Waals surface area (Å²) in [6, 6.07) is 0. The van der Waals surface area contributed by atoms with Gasteiger partial charge in [-0.05, 0) is 38.8 Å². The van der Waals surface area contributed by atoms with Gasteiger partial charge in [0.2, 0.25) is 0 Å². The van der Waals surface area contributed by atoms with E-state index in [1.54, 1.807) is 17.1 Å². The Labute approximate surface area is 147 Å². The molecule has 0 aromatic carbocycles. The summed E-state index contributed by atoms with van der Waals surface area (Å²) in [5, 5.41) is 0. The van der Waals surface area contributed by atoms with Crippen molar-refractivity contribution in [2.24, 2.45) is 5.92 Å². The lowest BCUT2D eigenvalue weighted by molar-refractivity contribution is 0.0816. The van der Waals surface area contributed by atoms with Gasteiger partial charge in [0.15, 0.2) is 0 Å². The highest BCUT2D eigenvalue weighted by molar-refractivity contribution is 5.05. The number of imidazole rings is 1. The molecular weight excluding hydrogens is 318 g/mol. The van der Waals surface area contributed by atoms with Crippen LogP contribution in [-0.2, 0) is 31.0 Å². The molecule has 0 atom stereocenters. The molecule has 2 aliphatic heterocycles. The smallest absolute Gasteiger partial charge is 0.256 e. The number of fused-ring (bicyclic) bond motifs is 1. The molecule has 2 aromatic heterocycles. The Morgan fingerprint density at radius 2 is 2.12 bits per heavy atom. The summed E-state index contributed by atoms with van der Waals surface area (Å²) in [7, 11) is 0. The molecule has 7 nitrogen and oxygen atoms in total. The van der Waals surface area contributed by atoms with Crippen LogP contribution in [0.2, 0.25) is 0 Å². The minimum absolute atomic E-state index is 0.0863. The molecule has 1 saturated heterocycles. The average molecular weight is 343 g/mol. The lowest BCUT2D eigenvalue weighted by Gasteiger charge is -2.31. The van der Waals surface area contributed by atoms with Crippen LogP contribution in [0, 0.1) is 12.8 Å². The molecular formula is C18H25N5O2. The minimum atomic E-state index is 0.0863. The van der Waals surface area contributed by atoms with Crippen LogP contribution in [0.3, 0.4) is 0 Å². The summed E-state index contributed by atoms with van der Waals surface area (Å²) in [5.41, 5.74) is 1.94. The molecule has 134 valence electrons. The third kappa shape index (κ3) is 3.67. The third-order valence-electron chi connectivity index (χ3n) is 5.24. The van der Waals surface area contributed by atoms with Crippen LogP contribution in [0.1, 0.15) is 29.9 Å². The van der Waals surface area contributed by atoms with E-state index in [0.29, 0.717) is 18.1 Å². The van der Waals surface area contributed by atoms with E-state index in [0.717, 1.165) is 63.7 Å². The first-order valence-corrected chi connectivity index (χ1v) is 9.05. The lowest BCUT2D eigenvalue weighted by atomic mass is 9.96. The number of likely N-dealkylation sites (tertiary alicyclic amines) is 1. The first kappa shape index (κ1) is 16.5. The normalized spacial score (nSPS) is 19.1. The summed E-state index contributed by atoms with van der Waals surface area (Å²) >= 11 is 0. The Kier molecular flexibility index (Phi) is 4.67. The fourth-order valence-electron chi connectivity index (χ4n) is 3.75. The topological polar surface area (TPSA) is 65.2 Å². The van der Waals surface area contributed by atoms with Crippen LogP contribution in [0.5, 0.6) is 0 Å². The first-order chi connectivity index (χ1) is 12.2. The van der Waals surface area contributed by atoms with Gasteiger partial charge in [-0.2, -0.15) is 0 Å². The number of aromatic nitrogens is 4. The van der Waals surface area contributed by atoms with E-state index < -0.39 is 0 Å². The largest absolute Gasteiger partial charge is 0.372 e. The number of aryl methyl sites for hydroxylation is 1. The highest BCUT2D eigenvalue weighted by atomic mass is 16.5. The fraction of sp³-hybridized carbons (Fsp3) is 0.611. The number of nitrogens with zero attached hydrogens (tertiary/aromatic N) is 5. The third-order valence-corrected chi connectivity index (χ3v) is 5.24. The zero-order chi connectivity index (χ0) is 17.2. The molecule has 7 heteroatoms. The molecule has 0 aliphatic carbocycles. The van der Waals surface area contributed by atoms with Gasteiger partial charge < -0.3 is 9.30 Å². The van der Waals surface area contributed by atoms with E-state index in [4.69, 9.17) is 9.72 Å². The zero-order valence-electron chi connectivity index (χ0n) is 14.7. The molecule has 0 saturated carbocycles. The van der Waals surface area contributed by atoms with E-state index in [1.807, 2.05) is 6.92 Å². The van der Waals surface area contributed by atoms with Crippen LogP contribution >= 0.6 is 0 Å². The summed E-state index contributed by atoms with van der Waals surface area (Å²) in [5.74, 6) is 1.59. The predicted molar refractivity (Wildman–Crippen MR) is 93.1 cm³/mol. The highest BCUT2D eigenvalue weighted by Crippen LogP contribution is 2.20. The van der Waals surface area contributed by atoms with Gasteiger partial charge in [-0.3, -0.25) is 14.3 Å². The van der Waals surface area contributed by atoms with Crippen LogP contribution in [-0.4, -0.2) is 43.7 Å². The number of ether oxygens (including phenoxy) is 1. The molecule has 0 unspecified atom stereocenters. The molecule has 2 aliphatic rings. The summed E-state index contributed by atoms with van der Waals surface area (Å²) < 4.78 is 9.43. The fourth-order valence-corrected chi connectivity index (χ4v) is 3.75. The molecule has 2 aromatic rings. The molecule has 4 heterocycles. The standard InChI is InChI=1S/C18H25N5O2/c1-14-8-19-13-23(18(14)24)9-15-2-4-21(5-3-15)10-16-11-22-6-7-25-12-17(22)20-16/h8,11,13,15H,2-7,9-10,12H2,1H3.